The van der Waals surface area contributed by atoms with E-state index in [0.29, 0.717) is 13.2 Å². The minimum Gasteiger partial charge on any atom is -0.481 e. The van der Waals surface area contributed by atoms with Crippen molar-refractivity contribution in [3.8, 4) is 23.3 Å². The summed E-state index contributed by atoms with van der Waals surface area (Å²) >= 11 is 0. The van der Waals surface area contributed by atoms with Crippen LogP contribution >= 0.6 is 0 Å². The van der Waals surface area contributed by atoms with Gasteiger partial charge in [0.05, 0.1) is 0 Å². The lowest BCUT2D eigenvalue weighted by molar-refractivity contribution is 0.362. The first-order valence-electron chi connectivity index (χ1n) is 6.59. The molecule has 0 atom stereocenters. The van der Waals surface area contributed by atoms with Gasteiger partial charge in [-0.15, -0.1) is 0 Å². The average Bonchev–Trinajstić information content (AvgIpc) is 2.43. The maximum atomic E-state index is 5.53. The minimum absolute atomic E-state index is 0.376. The van der Waals surface area contributed by atoms with Gasteiger partial charge in [0.2, 0.25) is 0 Å². The lowest BCUT2D eigenvalue weighted by atomic mass is 10.2. The van der Waals surface area contributed by atoms with Gasteiger partial charge >= 0.3 is 0 Å². The Morgan fingerprint density at radius 3 is 1.60 bits per heavy atom. The highest BCUT2D eigenvalue weighted by molar-refractivity contribution is 5.28. The number of hydrogen-bond acceptors (Lipinski definition) is 2. The van der Waals surface area contributed by atoms with E-state index < -0.39 is 0 Å². The molecule has 0 aliphatic carbocycles. The SMILES string of the molecule is Cc1cccc(OCC#CCOc2cccc(C)c2)c1. The lowest BCUT2D eigenvalue weighted by Crippen LogP contribution is -1.97. The molecule has 2 nitrogen and oxygen atoms in total. The topological polar surface area (TPSA) is 18.5 Å². The van der Waals surface area contributed by atoms with Gasteiger partial charge in [0.25, 0.3) is 0 Å². The Morgan fingerprint density at radius 2 is 1.20 bits per heavy atom. The Kier molecular flexibility index (Phi) is 5.08. The van der Waals surface area contributed by atoms with E-state index in [9.17, 15) is 0 Å². The van der Waals surface area contributed by atoms with Crippen molar-refractivity contribution >= 4 is 0 Å². The molecule has 20 heavy (non-hydrogen) atoms. The van der Waals surface area contributed by atoms with Crippen LogP contribution in [0.1, 0.15) is 11.1 Å². The molecule has 0 bridgehead atoms. The maximum Gasteiger partial charge on any atom is 0.149 e. The van der Waals surface area contributed by atoms with Crippen LogP contribution in [0.5, 0.6) is 11.5 Å². The van der Waals surface area contributed by atoms with Crippen LogP contribution in [0.4, 0.5) is 0 Å². The molecule has 0 radical (unpaired) electrons. The van der Waals surface area contributed by atoms with Crippen molar-refractivity contribution in [1.82, 2.24) is 0 Å². The van der Waals surface area contributed by atoms with Crippen molar-refractivity contribution < 1.29 is 9.47 Å². The van der Waals surface area contributed by atoms with Crippen LogP contribution < -0.4 is 9.47 Å². The largest absolute Gasteiger partial charge is 0.481 e. The van der Waals surface area contributed by atoms with E-state index in [-0.39, 0.29) is 0 Å². The summed E-state index contributed by atoms with van der Waals surface area (Å²) in [6, 6.07) is 15.9. The van der Waals surface area contributed by atoms with E-state index in [1.165, 1.54) is 11.1 Å². The van der Waals surface area contributed by atoms with Crippen LogP contribution in [0.15, 0.2) is 48.5 Å². The van der Waals surface area contributed by atoms with Gasteiger partial charge in [-0.3, -0.25) is 0 Å². The van der Waals surface area contributed by atoms with Gasteiger partial charge in [0.1, 0.15) is 24.7 Å². The van der Waals surface area contributed by atoms with E-state index in [4.69, 9.17) is 9.47 Å². The molecule has 0 unspecified atom stereocenters. The third-order valence-corrected chi connectivity index (χ3v) is 2.73. The molecular formula is C18H18O2. The summed E-state index contributed by atoms with van der Waals surface area (Å²) in [4.78, 5) is 0. The normalized spacial score (nSPS) is 9.50. The van der Waals surface area contributed by atoms with Crippen LogP contribution in [0.25, 0.3) is 0 Å². The van der Waals surface area contributed by atoms with Crippen molar-refractivity contribution in [3.63, 3.8) is 0 Å². The number of aryl methyl sites for hydroxylation is 2. The predicted molar refractivity (Wildman–Crippen MR) is 81.1 cm³/mol. The number of hydrogen-bond donors (Lipinski definition) is 0. The first-order valence-corrected chi connectivity index (χ1v) is 6.59. The van der Waals surface area contributed by atoms with E-state index in [1.54, 1.807) is 0 Å². The Labute approximate surface area is 120 Å². The molecule has 0 aliphatic rings. The van der Waals surface area contributed by atoms with Crippen LogP contribution in [-0.4, -0.2) is 13.2 Å². The van der Waals surface area contributed by atoms with Gasteiger partial charge in [0, 0.05) is 0 Å². The monoisotopic (exact) mass is 266 g/mol. The number of ether oxygens (including phenoxy) is 2. The van der Waals surface area contributed by atoms with E-state index in [2.05, 4.69) is 11.8 Å². The summed E-state index contributed by atoms with van der Waals surface area (Å²) in [7, 11) is 0. The maximum absolute atomic E-state index is 5.53. The predicted octanol–water partition coefficient (Wildman–Crippen LogP) is 3.76. The fourth-order valence-electron chi connectivity index (χ4n) is 1.75. The van der Waals surface area contributed by atoms with Crippen molar-refractivity contribution in [2.24, 2.45) is 0 Å². The molecule has 102 valence electrons. The summed E-state index contributed by atoms with van der Waals surface area (Å²) in [6.45, 7) is 4.82. The molecule has 2 rings (SSSR count). The van der Waals surface area contributed by atoms with E-state index >= 15 is 0 Å². The van der Waals surface area contributed by atoms with Crippen molar-refractivity contribution in [3.05, 3.63) is 59.7 Å². The summed E-state index contributed by atoms with van der Waals surface area (Å²) in [6.07, 6.45) is 0. The molecule has 2 heteroatoms. The average molecular weight is 266 g/mol. The molecule has 0 fully saturated rings. The second-order valence-electron chi connectivity index (χ2n) is 4.56. The lowest BCUT2D eigenvalue weighted by Gasteiger charge is -2.03. The van der Waals surface area contributed by atoms with Crippen LogP contribution in [0.2, 0.25) is 0 Å². The Balaban J connectivity index is 1.73. The number of benzene rings is 2. The molecule has 2 aromatic carbocycles. The summed E-state index contributed by atoms with van der Waals surface area (Å²) in [5, 5.41) is 0. The zero-order chi connectivity index (χ0) is 14.2. The molecule has 2 aromatic rings. The molecule has 0 saturated carbocycles. The van der Waals surface area contributed by atoms with Crippen LogP contribution in [0, 0.1) is 25.7 Å². The smallest absolute Gasteiger partial charge is 0.149 e. The Morgan fingerprint density at radius 1 is 0.750 bits per heavy atom. The summed E-state index contributed by atoms with van der Waals surface area (Å²) in [5.74, 6) is 7.57. The van der Waals surface area contributed by atoms with Crippen LogP contribution in [-0.2, 0) is 0 Å². The fraction of sp³-hybridized carbons (Fsp3) is 0.222. The molecule has 0 N–H and O–H groups in total. The molecule has 0 aliphatic heterocycles. The van der Waals surface area contributed by atoms with Crippen molar-refractivity contribution in [2.75, 3.05) is 13.2 Å². The zero-order valence-electron chi connectivity index (χ0n) is 11.8. The zero-order valence-corrected chi connectivity index (χ0v) is 11.8. The van der Waals surface area contributed by atoms with Gasteiger partial charge in [-0.05, 0) is 49.2 Å². The van der Waals surface area contributed by atoms with E-state index in [1.807, 2.05) is 62.4 Å². The number of rotatable bonds is 4. The fourth-order valence-corrected chi connectivity index (χ4v) is 1.75. The Hall–Kier alpha value is -2.40. The minimum atomic E-state index is 0.376. The highest BCUT2D eigenvalue weighted by Gasteiger charge is 1.92. The summed E-state index contributed by atoms with van der Waals surface area (Å²) < 4.78 is 11.1. The highest BCUT2D eigenvalue weighted by atomic mass is 16.5. The third kappa shape index (κ3) is 4.70. The first kappa shape index (κ1) is 14.0. The second kappa shape index (κ2) is 7.25. The van der Waals surface area contributed by atoms with Gasteiger partial charge in [0.15, 0.2) is 0 Å². The molecule has 0 heterocycles. The third-order valence-electron chi connectivity index (χ3n) is 2.73. The van der Waals surface area contributed by atoms with Crippen molar-refractivity contribution in [2.45, 2.75) is 13.8 Å². The van der Waals surface area contributed by atoms with Crippen LogP contribution in [0.3, 0.4) is 0 Å². The van der Waals surface area contributed by atoms with Crippen molar-refractivity contribution in [1.29, 1.82) is 0 Å². The molecule has 0 aromatic heterocycles. The van der Waals surface area contributed by atoms with Gasteiger partial charge in [-0.25, -0.2) is 0 Å². The molecular weight excluding hydrogens is 248 g/mol. The standard InChI is InChI=1S/C18H18O2/c1-15-7-5-9-17(13-15)19-11-3-4-12-20-18-10-6-8-16(2)14-18/h5-10,13-14H,11-12H2,1-2H3. The molecule has 0 amide bonds. The van der Waals surface area contributed by atoms with E-state index in [0.717, 1.165) is 11.5 Å². The van der Waals surface area contributed by atoms with Gasteiger partial charge in [-0.1, -0.05) is 36.1 Å². The highest BCUT2D eigenvalue weighted by Crippen LogP contribution is 2.12. The Bertz CT molecular complexity index is 567. The quantitative estimate of drug-likeness (QED) is 0.784. The second-order valence-corrected chi connectivity index (χ2v) is 4.56. The van der Waals surface area contributed by atoms with Gasteiger partial charge in [-0.2, -0.15) is 0 Å². The molecule has 0 saturated heterocycles. The molecule has 0 spiro atoms. The summed E-state index contributed by atoms with van der Waals surface area (Å²) in [5.41, 5.74) is 2.36. The van der Waals surface area contributed by atoms with Gasteiger partial charge < -0.3 is 9.47 Å². The first-order chi connectivity index (χ1) is 9.74.